The van der Waals surface area contributed by atoms with Gasteiger partial charge in [-0.2, -0.15) is 4.57 Å². The lowest BCUT2D eigenvalue weighted by Gasteiger charge is -2.47. The van der Waals surface area contributed by atoms with Gasteiger partial charge in [0.25, 0.3) is 0 Å². The number of aromatic nitrogens is 1. The van der Waals surface area contributed by atoms with E-state index < -0.39 is 5.41 Å². The number of benzene rings is 1. The van der Waals surface area contributed by atoms with Crippen molar-refractivity contribution in [3.63, 3.8) is 0 Å². The maximum absolute atomic E-state index is 9.95. The summed E-state index contributed by atoms with van der Waals surface area (Å²) in [5.74, 6) is 0.0694. The molecule has 1 aromatic carbocycles. The number of nitrogens with zero attached hydrogens (tertiary/aromatic N) is 1. The van der Waals surface area contributed by atoms with Crippen molar-refractivity contribution < 1.29 is 14.8 Å². The largest absolute Gasteiger partial charge is 0.396 e. The van der Waals surface area contributed by atoms with Gasteiger partial charge in [0.2, 0.25) is 0 Å². The Labute approximate surface area is 118 Å². The van der Waals surface area contributed by atoms with Gasteiger partial charge < -0.3 is 10.2 Å². The van der Waals surface area contributed by atoms with Crippen molar-refractivity contribution in [3.8, 4) is 0 Å². The number of aliphatic hydroxyl groups excluding tert-OH is 2. The molecule has 3 heterocycles. The van der Waals surface area contributed by atoms with Crippen molar-refractivity contribution >= 4 is 0 Å². The topological polar surface area (TPSA) is 44.3 Å². The van der Waals surface area contributed by atoms with Crippen LogP contribution in [0.4, 0.5) is 0 Å². The molecule has 2 atom stereocenters. The normalized spacial score (nSPS) is 25.1. The Morgan fingerprint density at radius 1 is 1.00 bits per heavy atom. The summed E-state index contributed by atoms with van der Waals surface area (Å²) in [5, 5.41) is 19.9. The molecule has 0 saturated carbocycles. The summed E-state index contributed by atoms with van der Waals surface area (Å²) in [4.78, 5) is 0. The van der Waals surface area contributed by atoms with Crippen molar-refractivity contribution in [3.05, 3.63) is 65.5 Å². The van der Waals surface area contributed by atoms with Gasteiger partial charge in [-0.3, -0.25) is 0 Å². The summed E-state index contributed by atoms with van der Waals surface area (Å²) >= 11 is 0. The van der Waals surface area contributed by atoms with Crippen LogP contribution >= 0.6 is 0 Å². The van der Waals surface area contributed by atoms with E-state index in [9.17, 15) is 10.2 Å². The molecule has 2 unspecified atom stereocenters. The summed E-state index contributed by atoms with van der Waals surface area (Å²) in [6.07, 6.45) is 2.91. The van der Waals surface area contributed by atoms with Gasteiger partial charge in [-0.15, -0.1) is 0 Å². The first-order valence-corrected chi connectivity index (χ1v) is 7.11. The number of hydrogen-bond donors (Lipinski definition) is 2. The van der Waals surface area contributed by atoms with Crippen LogP contribution in [0, 0.1) is 5.41 Å². The highest BCUT2D eigenvalue weighted by Gasteiger charge is 2.57. The first kappa shape index (κ1) is 12.1. The second kappa shape index (κ2) is 4.14. The smallest absolute Gasteiger partial charge is 0.190 e. The molecule has 1 aliphatic carbocycles. The summed E-state index contributed by atoms with van der Waals surface area (Å²) in [6, 6.07) is 14.9. The van der Waals surface area contributed by atoms with E-state index in [2.05, 4.69) is 35.0 Å². The van der Waals surface area contributed by atoms with Crippen LogP contribution in [0.25, 0.3) is 0 Å². The van der Waals surface area contributed by atoms with Gasteiger partial charge in [0, 0.05) is 29.5 Å². The zero-order chi connectivity index (χ0) is 13.7. The molecule has 2 bridgehead atoms. The number of fused-ring (bicyclic) bond motifs is 1. The van der Waals surface area contributed by atoms with Gasteiger partial charge >= 0.3 is 0 Å². The number of aliphatic hydroxyl groups is 2. The van der Waals surface area contributed by atoms with Gasteiger partial charge in [0.15, 0.2) is 17.9 Å². The minimum Gasteiger partial charge on any atom is -0.396 e. The van der Waals surface area contributed by atoms with E-state index in [0.717, 1.165) is 6.42 Å². The average molecular weight is 268 g/mol. The maximum atomic E-state index is 9.95. The van der Waals surface area contributed by atoms with Crippen LogP contribution in [0.2, 0.25) is 0 Å². The van der Waals surface area contributed by atoms with Crippen molar-refractivity contribution in [2.24, 2.45) is 5.41 Å². The fourth-order valence-corrected chi connectivity index (χ4v) is 4.10. The molecule has 0 amide bonds. The SMILES string of the molecule is OCC1(CO)CC2c3ccccc3C1c1cccc[n+]12. The Bertz CT molecular complexity index is 616. The van der Waals surface area contributed by atoms with Crippen LogP contribution in [0.15, 0.2) is 48.7 Å². The van der Waals surface area contributed by atoms with Crippen LogP contribution in [-0.4, -0.2) is 23.4 Å². The Kier molecular flexibility index (Phi) is 2.50. The minimum absolute atomic E-state index is 0.0217. The number of hydrogen-bond acceptors (Lipinski definition) is 2. The Morgan fingerprint density at radius 2 is 1.70 bits per heavy atom. The summed E-state index contributed by atoms with van der Waals surface area (Å²) in [5.41, 5.74) is 3.35. The van der Waals surface area contributed by atoms with E-state index in [-0.39, 0.29) is 25.2 Å². The van der Waals surface area contributed by atoms with Crippen molar-refractivity contribution in [1.82, 2.24) is 0 Å². The van der Waals surface area contributed by atoms with Gasteiger partial charge in [-0.25, -0.2) is 0 Å². The molecule has 0 radical (unpaired) electrons. The van der Waals surface area contributed by atoms with E-state index in [4.69, 9.17) is 0 Å². The van der Waals surface area contributed by atoms with Crippen LogP contribution in [0.3, 0.4) is 0 Å². The first-order valence-electron chi connectivity index (χ1n) is 7.11. The molecule has 0 fully saturated rings. The van der Waals surface area contributed by atoms with Gasteiger partial charge in [-0.1, -0.05) is 30.3 Å². The standard InChI is InChI=1S/C17H18NO2/c19-10-17(11-20)9-15-12-5-1-2-6-13(12)16(17)14-7-3-4-8-18(14)15/h1-8,15-16,19-20H,9-11H2/q+1. The van der Waals surface area contributed by atoms with E-state index in [1.807, 2.05) is 18.2 Å². The van der Waals surface area contributed by atoms with E-state index >= 15 is 0 Å². The third-order valence-corrected chi connectivity index (χ3v) is 5.06. The molecule has 3 aliphatic rings. The Balaban J connectivity index is 2.03. The molecule has 2 aromatic rings. The lowest BCUT2D eigenvalue weighted by Crippen LogP contribution is -2.60. The zero-order valence-corrected chi connectivity index (χ0v) is 11.2. The molecule has 102 valence electrons. The Morgan fingerprint density at radius 3 is 2.45 bits per heavy atom. The van der Waals surface area contributed by atoms with Crippen molar-refractivity contribution in [2.75, 3.05) is 13.2 Å². The van der Waals surface area contributed by atoms with Crippen LogP contribution in [0.1, 0.15) is 35.2 Å². The highest BCUT2D eigenvalue weighted by atomic mass is 16.3. The summed E-state index contributed by atoms with van der Waals surface area (Å²) in [7, 11) is 0. The third kappa shape index (κ3) is 1.34. The highest BCUT2D eigenvalue weighted by Crippen LogP contribution is 2.54. The number of pyridine rings is 1. The minimum atomic E-state index is -0.444. The van der Waals surface area contributed by atoms with Crippen LogP contribution < -0.4 is 4.57 Å². The molecule has 20 heavy (non-hydrogen) atoms. The fraction of sp³-hybridized carbons (Fsp3) is 0.353. The quantitative estimate of drug-likeness (QED) is 0.808. The second-order valence-electron chi connectivity index (χ2n) is 5.99. The predicted molar refractivity (Wildman–Crippen MR) is 74.3 cm³/mol. The molecule has 2 N–H and O–H groups in total. The molecule has 2 aliphatic heterocycles. The monoisotopic (exact) mass is 268 g/mol. The molecule has 3 nitrogen and oxygen atoms in total. The lowest BCUT2D eigenvalue weighted by atomic mass is 9.59. The highest BCUT2D eigenvalue weighted by molar-refractivity contribution is 5.43. The molecule has 3 heteroatoms. The predicted octanol–water partition coefficient (Wildman–Crippen LogP) is 1.38. The molecular formula is C17H18NO2+. The molecule has 5 rings (SSSR count). The van der Waals surface area contributed by atoms with E-state index in [1.165, 1.54) is 16.8 Å². The van der Waals surface area contributed by atoms with Crippen molar-refractivity contribution in [1.29, 1.82) is 0 Å². The zero-order valence-electron chi connectivity index (χ0n) is 11.2. The van der Waals surface area contributed by atoms with E-state index in [0.29, 0.717) is 0 Å². The number of rotatable bonds is 2. The molecular weight excluding hydrogens is 250 g/mol. The van der Waals surface area contributed by atoms with Gasteiger partial charge in [-0.05, 0) is 5.56 Å². The Hall–Kier alpha value is -1.71. The van der Waals surface area contributed by atoms with Crippen LogP contribution in [-0.2, 0) is 0 Å². The summed E-state index contributed by atoms with van der Waals surface area (Å²) < 4.78 is 2.30. The first-order chi connectivity index (χ1) is 9.80. The van der Waals surface area contributed by atoms with Gasteiger partial charge in [0.05, 0.1) is 19.1 Å². The maximum Gasteiger partial charge on any atom is 0.190 e. The molecule has 1 aromatic heterocycles. The van der Waals surface area contributed by atoms with Crippen LogP contribution in [0.5, 0.6) is 0 Å². The fourth-order valence-electron chi connectivity index (χ4n) is 4.10. The third-order valence-electron chi connectivity index (χ3n) is 5.06. The average Bonchev–Trinajstić information content (AvgIpc) is 2.54. The lowest BCUT2D eigenvalue weighted by molar-refractivity contribution is -0.735. The van der Waals surface area contributed by atoms with E-state index in [1.54, 1.807) is 0 Å². The second-order valence-corrected chi connectivity index (χ2v) is 5.99. The molecule has 0 saturated heterocycles. The van der Waals surface area contributed by atoms with Gasteiger partial charge in [0.1, 0.15) is 0 Å². The van der Waals surface area contributed by atoms with Crippen molar-refractivity contribution in [2.45, 2.75) is 18.4 Å². The summed E-state index contributed by atoms with van der Waals surface area (Å²) in [6.45, 7) is 0.0434. The molecule has 0 spiro atoms.